The first-order valence-electron chi connectivity index (χ1n) is 9.57. The van der Waals surface area contributed by atoms with Crippen molar-refractivity contribution in [3.8, 4) is 0 Å². The number of benzene rings is 1. The van der Waals surface area contributed by atoms with E-state index in [1.54, 1.807) is 22.6 Å². The molecule has 0 N–H and O–H groups in total. The van der Waals surface area contributed by atoms with Gasteiger partial charge in [-0.05, 0) is 36.5 Å². The highest BCUT2D eigenvalue weighted by atomic mass is 32.2. The van der Waals surface area contributed by atoms with Gasteiger partial charge in [0.2, 0.25) is 10.0 Å². The first kappa shape index (κ1) is 19.1. The molecule has 7 heteroatoms. The fourth-order valence-corrected chi connectivity index (χ4v) is 5.53. The number of rotatable bonds is 5. The van der Waals surface area contributed by atoms with Gasteiger partial charge in [-0.15, -0.1) is 0 Å². The highest BCUT2D eigenvalue weighted by Crippen LogP contribution is 2.46. The molecule has 6 nitrogen and oxygen atoms in total. The van der Waals surface area contributed by atoms with Gasteiger partial charge in [0.05, 0.1) is 6.26 Å². The third-order valence-corrected chi connectivity index (χ3v) is 7.34. The molecule has 1 amide bonds. The van der Waals surface area contributed by atoms with Crippen LogP contribution in [0.15, 0.2) is 54.7 Å². The summed E-state index contributed by atoms with van der Waals surface area (Å²) in [5.74, 6) is 0.0820. The summed E-state index contributed by atoms with van der Waals surface area (Å²) in [5.41, 5.74) is 1.48. The van der Waals surface area contributed by atoms with Crippen molar-refractivity contribution in [2.75, 3.05) is 32.4 Å². The maximum Gasteiger partial charge on any atom is 0.272 e. The molecule has 0 bridgehead atoms. The van der Waals surface area contributed by atoms with Crippen molar-refractivity contribution in [1.82, 2.24) is 14.2 Å². The summed E-state index contributed by atoms with van der Waals surface area (Å²) >= 11 is 0. The van der Waals surface area contributed by atoms with Crippen LogP contribution in [0.1, 0.15) is 22.5 Å². The summed E-state index contributed by atoms with van der Waals surface area (Å²) in [5, 5.41) is 0. The van der Waals surface area contributed by atoms with Crippen LogP contribution in [0, 0.1) is 11.3 Å². The summed E-state index contributed by atoms with van der Waals surface area (Å²) in [6.07, 6.45) is 4.64. The molecule has 4 rings (SSSR count). The second-order valence-corrected chi connectivity index (χ2v) is 9.98. The Labute approximate surface area is 166 Å². The zero-order valence-corrected chi connectivity index (χ0v) is 16.8. The van der Waals surface area contributed by atoms with Crippen molar-refractivity contribution in [3.63, 3.8) is 0 Å². The molecule has 2 unspecified atom stereocenters. The fraction of sp³-hybridized carbons (Fsp3) is 0.429. The third kappa shape index (κ3) is 3.69. The van der Waals surface area contributed by atoms with E-state index >= 15 is 0 Å². The zero-order chi connectivity index (χ0) is 19.8. The molecule has 2 aliphatic heterocycles. The molecular formula is C21H25N3O3S. The molecule has 1 aromatic heterocycles. The van der Waals surface area contributed by atoms with E-state index in [9.17, 15) is 13.2 Å². The molecule has 3 heterocycles. The van der Waals surface area contributed by atoms with Gasteiger partial charge < -0.3 is 4.90 Å². The molecule has 2 atom stereocenters. The van der Waals surface area contributed by atoms with E-state index in [1.807, 2.05) is 29.2 Å². The zero-order valence-electron chi connectivity index (χ0n) is 16.0. The summed E-state index contributed by atoms with van der Waals surface area (Å²) in [6, 6.07) is 15.6. The molecule has 2 saturated heterocycles. The Morgan fingerprint density at radius 2 is 1.86 bits per heavy atom. The normalized spacial score (nSPS) is 25.0. The van der Waals surface area contributed by atoms with Gasteiger partial charge in [-0.3, -0.25) is 9.78 Å². The second-order valence-electron chi connectivity index (χ2n) is 8.00. The maximum absolute atomic E-state index is 12.9. The van der Waals surface area contributed by atoms with E-state index in [1.165, 1.54) is 11.8 Å². The van der Waals surface area contributed by atoms with Crippen molar-refractivity contribution < 1.29 is 13.2 Å². The lowest BCUT2D eigenvalue weighted by Crippen LogP contribution is -2.39. The molecule has 1 aromatic carbocycles. The summed E-state index contributed by atoms with van der Waals surface area (Å²) in [4.78, 5) is 19.0. The Balaban J connectivity index is 1.56. The van der Waals surface area contributed by atoms with Gasteiger partial charge in [-0.1, -0.05) is 36.4 Å². The largest absolute Gasteiger partial charge is 0.336 e. The van der Waals surface area contributed by atoms with Crippen molar-refractivity contribution in [2.45, 2.75) is 12.8 Å². The lowest BCUT2D eigenvalue weighted by molar-refractivity contribution is 0.0758. The molecular weight excluding hydrogens is 374 g/mol. The Morgan fingerprint density at radius 1 is 1.11 bits per heavy atom. The average Bonchev–Trinajstić information content (AvgIpc) is 3.22. The average molecular weight is 400 g/mol. The number of aromatic nitrogens is 1. The maximum atomic E-state index is 12.9. The van der Waals surface area contributed by atoms with Crippen molar-refractivity contribution in [1.29, 1.82) is 0 Å². The standard InChI is InChI=1S/C21H25N3O3S/c1-28(26,27)24-14-18-13-23(20(25)19-9-5-6-12-22-19)15-21(18,16-24)11-10-17-7-3-2-4-8-17/h2-9,12,18H,10-11,13-16H2,1H3. The van der Waals surface area contributed by atoms with Gasteiger partial charge in [-0.2, -0.15) is 0 Å². The number of aryl methyl sites for hydroxylation is 1. The molecule has 0 aliphatic carbocycles. The number of sulfonamides is 1. The molecule has 0 radical (unpaired) electrons. The topological polar surface area (TPSA) is 70.6 Å². The minimum atomic E-state index is -3.24. The molecule has 2 aromatic rings. The summed E-state index contributed by atoms with van der Waals surface area (Å²) < 4.78 is 25.9. The minimum absolute atomic E-state index is 0.0695. The van der Waals surface area contributed by atoms with Gasteiger partial charge in [0.25, 0.3) is 5.91 Å². The number of nitrogens with zero attached hydrogens (tertiary/aromatic N) is 3. The van der Waals surface area contributed by atoms with Gasteiger partial charge in [0.1, 0.15) is 5.69 Å². The SMILES string of the molecule is CS(=O)(=O)N1CC2CN(C(=O)c3ccccn3)CC2(CCc2ccccc2)C1. The lowest BCUT2D eigenvalue weighted by Gasteiger charge is -2.29. The monoisotopic (exact) mass is 399 g/mol. The van der Waals surface area contributed by atoms with Crippen LogP contribution in [0.4, 0.5) is 0 Å². The minimum Gasteiger partial charge on any atom is -0.336 e. The Bertz CT molecular complexity index is 949. The molecule has 2 fully saturated rings. The van der Waals surface area contributed by atoms with Gasteiger partial charge in [-0.25, -0.2) is 12.7 Å². The highest BCUT2D eigenvalue weighted by molar-refractivity contribution is 7.88. The molecule has 28 heavy (non-hydrogen) atoms. The van der Waals surface area contributed by atoms with Crippen molar-refractivity contribution in [2.24, 2.45) is 11.3 Å². The van der Waals surface area contributed by atoms with Gasteiger partial charge in [0.15, 0.2) is 0 Å². The number of fused-ring (bicyclic) bond motifs is 1. The highest BCUT2D eigenvalue weighted by Gasteiger charge is 2.54. The Hall–Kier alpha value is -2.25. The van der Waals surface area contributed by atoms with E-state index in [0.29, 0.717) is 31.9 Å². The Morgan fingerprint density at radius 3 is 2.54 bits per heavy atom. The molecule has 0 spiro atoms. The number of carbonyl (C=O) groups excluding carboxylic acids is 1. The second kappa shape index (κ2) is 7.29. The predicted molar refractivity (Wildman–Crippen MR) is 107 cm³/mol. The molecule has 0 saturated carbocycles. The van der Waals surface area contributed by atoms with Gasteiger partial charge in [0, 0.05) is 37.8 Å². The van der Waals surface area contributed by atoms with Crippen molar-refractivity contribution in [3.05, 3.63) is 66.0 Å². The van der Waals surface area contributed by atoms with E-state index in [-0.39, 0.29) is 17.2 Å². The first-order chi connectivity index (χ1) is 13.4. The number of hydrogen-bond acceptors (Lipinski definition) is 4. The number of likely N-dealkylation sites (tertiary alicyclic amines) is 1. The summed E-state index contributed by atoms with van der Waals surface area (Å²) in [7, 11) is -3.24. The van der Waals surface area contributed by atoms with Crippen molar-refractivity contribution >= 4 is 15.9 Å². The van der Waals surface area contributed by atoms with E-state index in [0.717, 1.165) is 12.8 Å². The fourth-order valence-electron chi connectivity index (χ4n) is 4.58. The van der Waals surface area contributed by atoms with Crippen LogP contribution in [-0.4, -0.2) is 60.9 Å². The predicted octanol–water partition coefficient (Wildman–Crippen LogP) is 2.05. The molecule has 2 aliphatic rings. The van der Waals surface area contributed by atoms with Crippen LogP contribution in [0.5, 0.6) is 0 Å². The number of pyridine rings is 1. The number of amides is 1. The lowest BCUT2D eigenvalue weighted by atomic mass is 9.76. The Kier molecular flexibility index (Phi) is 4.97. The number of carbonyl (C=O) groups is 1. The van der Waals surface area contributed by atoms with E-state index in [2.05, 4.69) is 17.1 Å². The van der Waals surface area contributed by atoms with Crippen LogP contribution in [-0.2, 0) is 16.4 Å². The van der Waals surface area contributed by atoms with E-state index in [4.69, 9.17) is 0 Å². The quantitative estimate of drug-likeness (QED) is 0.772. The van der Waals surface area contributed by atoms with Crippen LogP contribution in [0.3, 0.4) is 0 Å². The van der Waals surface area contributed by atoms with E-state index < -0.39 is 10.0 Å². The van der Waals surface area contributed by atoms with Crippen LogP contribution < -0.4 is 0 Å². The van der Waals surface area contributed by atoms with Gasteiger partial charge >= 0.3 is 0 Å². The van der Waals surface area contributed by atoms with Crippen LogP contribution in [0.25, 0.3) is 0 Å². The number of hydrogen-bond donors (Lipinski definition) is 0. The smallest absolute Gasteiger partial charge is 0.272 e. The summed E-state index contributed by atoms with van der Waals surface area (Å²) in [6.45, 7) is 2.12. The third-order valence-electron chi connectivity index (χ3n) is 6.12. The first-order valence-corrected chi connectivity index (χ1v) is 11.4. The van der Waals surface area contributed by atoms with Crippen LogP contribution in [0.2, 0.25) is 0 Å². The van der Waals surface area contributed by atoms with Crippen LogP contribution >= 0.6 is 0 Å². The molecule has 148 valence electrons.